The van der Waals surface area contributed by atoms with Crippen LogP contribution in [-0.4, -0.2) is 33.2 Å². The highest BCUT2D eigenvalue weighted by Crippen LogP contribution is 2.27. The van der Waals surface area contributed by atoms with E-state index in [4.69, 9.17) is 10.5 Å². The second-order valence-corrected chi connectivity index (χ2v) is 4.00. The Balaban J connectivity index is 2.70. The molecule has 18 heavy (non-hydrogen) atoms. The number of carbonyl (C=O) groups is 1. The minimum atomic E-state index is 0.0299. The van der Waals surface area contributed by atoms with Crippen molar-refractivity contribution in [2.75, 3.05) is 37.9 Å². The van der Waals surface area contributed by atoms with Crippen LogP contribution in [0.5, 0.6) is 5.75 Å². The Morgan fingerprint density at radius 3 is 2.83 bits per heavy atom. The number of nitrogens with one attached hydrogen (secondary N) is 1. The van der Waals surface area contributed by atoms with Gasteiger partial charge in [-0.1, -0.05) is 0 Å². The number of hydrogen-bond donors (Lipinski definition) is 2. The zero-order chi connectivity index (χ0) is 13.5. The monoisotopic (exact) mass is 251 g/mol. The van der Waals surface area contributed by atoms with E-state index in [1.807, 2.05) is 37.1 Å². The molecule has 0 aliphatic heterocycles. The molecule has 0 heterocycles. The fraction of sp³-hybridized carbons (Fsp3) is 0.462. The molecular formula is C13H21N3O2. The Morgan fingerprint density at radius 1 is 1.50 bits per heavy atom. The molecule has 3 N–H and O–H groups in total. The lowest BCUT2D eigenvalue weighted by Crippen LogP contribution is -2.26. The molecule has 0 unspecified atom stereocenters. The van der Waals surface area contributed by atoms with Gasteiger partial charge in [-0.25, -0.2) is 0 Å². The van der Waals surface area contributed by atoms with Crippen molar-refractivity contribution in [1.29, 1.82) is 0 Å². The van der Waals surface area contributed by atoms with E-state index in [0.29, 0.717) is 31.0 Å². The Labute approximate surface area is 108 Å². The van der Waals surface area contributed by atoms with E-state index >= 15 is 0 Å². The van der Waals surface area contributed by atoms with Crippen molar-refractivity contribution in [3.63, 3.8) is 0 Å². The van der Waals surface area contributed by atoms with Crippen molar-refractivity contribution >= 4 is 17.3 Å². The molecule has 5 heteroatoms. The van der Waals surface area contributed by atoms with Crippen molar-refractivity contribution in [3.8, 4) is 5.75 Å². The number of anilines is 2. The van der Waals surface area contributed by atoms with Gasteiger partial charge in [-0.2, -0.15) is 0 Å². The number of rotatable bonds is 6. The van der Waals surface area contributed by atoms with E-state index in [9.17, 15) is 4.79 Å². The fourth-order valence-corrected chi connectivity index (χ4v) is 1.56. The SMILES string of the molecule is CCOc1cc(N(C)CCC(=O)NC)ccc1N. The molecule has 1 amide bonds. The molecule has 0 fully saturated rings. The van der Waals surface area contributed by atoms with Gasteiger partial charge in [0.05, 0.1) is 12.3 Å². The van der Waals surface area contributed by atoms with E-state index < -0.39 is 0 Å². The van der Waals surface area contributed by atoms with E-state index in [-0.39, 0.29) is 5.91 Å². The largest absolute Gasteiger partial charge is 0.492 e. The van der Waals surface area contributed by atoms with Crippen LogP contribution in [0.3, 0.4) is 0 Å². The average molecular weight is 251 g/mol. The van der Waals surface area contributed by atoms with E-state index in [1.54, 1.807) is 7.05 Å². The lowest BCUT2D eigenvalue weighted by atomic mass is 10.2. The van der Waals surface area contributed by atoms with Gasteiger partial charge in [0.2, 0.25) is 5.91 Å². The maximum atomic E-state index is 11.2. The first-order chi connectivity index (χ1) is 8.58. The van der Waals surface area contributed by atoms with Gasteiger partial charge in [0, 0.05) is 38.8 Å². The molecule has 0 spiro atoms. The normalized spacial score (nSPS) is 9.94. The molecule has 0 aromatic heterocycles. The Hall–Kier alpha value is -1.91. The molecule has 0 saturated heterocycles. The predicted octanol–water partition coefficient (Wildman–Crippen LogP) is 1.24. The molecule has 0 radical (unpaired) electrons. The van der Waals surface area contributed by atoms with Crippen LogP contribution in [0.25, 0.3) is 0 Å². The van der Waals surface area contributed by atoms with Gasteiger partial charge in [-0.15, -0.1) is 0 Å². The number of ether oxygens (including phenoxy) is 1. The zero-order valence-electron chi connectivity index (χ0n) is 11.2. The molecule has 0 aliphatic carbocycles. The van der Waals surface area contributed by atoms with E-state index in [2.05, 4.69) is 5.32 Å². The smallest absolute Gasteiger partial charge is 0.221 e. The maximum Gasteiger partial charge on any atom is 0.221 e. The number of nitrogen functional groups attached to an aromatic ring is 1. The summed E-state index contributed by atoms with van der Waals surface area (Å²) in [6.07, 6.45) is 0.460. The minimum Gasteiger partial charge on any atom is -0.492 e. The Bertz CT molecular complexity index is 407. The topological polar surface area (TPSA) is 67.6 Å². The van der Waals surface area contributed by atoms with Crippen molar-refractivity contribution in [2.24, 2.45) is 0 Å². The number of hydrogen-bond acceptors (Lipinski definition) is 4. The van der Waals surface area contributed by atoms with Gasteiger partial charge in [-0.05, 0) is 19.1 Å². The summed E-state index contributed by atoms with van der Waals surface area (Å²) >= 11 is 0. The van der Waals surface area contributed by atoms with Gasteiger partial charge in [0.15, 0.2) is 0 Å². The molecule has 1 rings (SSSR count). The van der Waals surface area contributed by atoms with E-state index in [0.717, 1.165) is 5.69 Å². The van der Waals surface area contributed by atoms with Gasteiger partial charge >= 0.3 is 0 Å². The Morgan fingerprint density at radius 2 is 2.22 bits per heavy atom. The van der Waals surface area contributed by atoms with Crippen molar-refractivity contribution < 1.29 is 9.53 Å². The van der Waals surface area contributed by atoms with Crippen molar-refractivity contribution in [2.45, 2.75) is 13.3 Å². The van der Waals surface area contributed by atoms with Gasteiger partial charge in [0.25, 0.3) is 0 Å². The third kappa shape index (κ3) is 3.84. The number of nitrogens with zero attached hydrogens (tertiary/aromatic N) is 1. The molecule has 1 aromatic carbocycles. The summed E-state index contributed by atoms with van der Waals surface area (Å²) < 4.78 is 5.44. The van der Waals surface area contributed by atoms with Crippen molar-refractivity contribution in [1.82, 2.24) is 5.32 Å². The first-order valence-electron chi connectivity index (χ1n) is 6.02. The van der Waals surface area contributed by atoms with Crippen LogP contribution in [0.4, 0.5) is 11.4 Å². The maximum absolute atomic E-state index is 11.2. The molecule has 5 nitrogen and oxygen atoms in total. The van der Waals surface area contributed by atoms with Crippen molar-refractivity contribution in [3.05, 3.63) is 18.2 Å². The number of carbonyl (C=O) groups excluding carboxylic acids is 1. The van der Waals surface area contributed by atoms with Crippen LogP contribution < -0.4 is 20.7 Å². The van der Waals surface area contributed by atoms with Crippen LogP contribution >= 0.6 is 0 Å². The molecule has 0 aliphatic rings. The average Bonchev–Trinajstić information content (AvgIpc) is 2.38. The molecule has 0 bridgehead atoms. The summed E-state index contributed by atoms with van der Waals surface area (Å²) in [6, 6.07) is 5.63. The van der Waals surface area contributed by atoms with Gasteiger partial charge in [-0.3, -0.25) is 4.79 Å². The standard InChI is InChI=1S/C13H21N3O2/c1-4-18-12-9-10(5-6-11(12)14)16(3)8-7-13(17)15-2/h5-6,9H,4,7-8,14H2,1-3H3,(H,15,17). The molecule has 100 valence electrons. The second-order valence-electron chi connectivity index (χ2n) is 4.00. The van der Waals surface area contributed by atoms with Crippen LogP contribution in [0.1, 0.15) is 13.3 Å². The number of benzene rings is 1. The molecule has 1 aromatic rings. The summed E-state index contributed by atoms with van der Waals surface area (Å²) in [5.74, 6) is 0.712. The van der Waals surface area contributed by atoms with Crippen LogP contribution in [-0.2, 0) is 4.79 Å². The summed E-state index contributed by atoms with van der Waals surface area (Å²) in [4.78, 5) is 13.2. The lowest BCUT2D eigenvalue weighted by Gasteiger charge is -2.20. The molecule has 0 saturated carbocycles. The summed E-state index contributed by atoms with van der Waals surface area (Å²) in [5, 5.41) is 2.60. The van der Waals surface area contributed by atoms with Gasteiger partial charge < -0.3 is 20.7 Å². The first-order valence-corrected chi connectivity index (χ1v) is 6.02. The summed E-state index contributed by atoms with van der Waals surface area (Å²) in [7, 11) is 3.57. The van der Waals surface area contributed by atoms with Gasteiger partial charge in [0.1, 0.15) is 5.75 Å². The van der Waals surface area contributed by atoms with Crippen LogP contribution in [0, 0.1) is 0 Å². The highest BCUT2D eigenvalue weighted by atomic mass is 16.5. The second kappa shape index (κ2) is 6.74. The summed E-state index contributed by atoms with van der Waals surface area (Å²) in [6.45, 7) is 3.15. The highest BCUT2D eigenvalue weighted by Gasteiger charge is 2.07. The van der Waals surface area contributed by atoms with Crippen LogP contribution in [0.15, 0.2) is 18.2 Å². The third-order valence-electron chi connectivity index (χ3n) is 2.69. The number of amides is 1. The molecule has 0 atom stereocenters. The minimum absolute atomic E-state index is 0.0299. The summed E-state index contributed by atoms with van der Waals surface area (Å²) in [5.41, 5.74) is 7.42. The predicted molar refractivity (Wildman–Crippen MR) is 74.0 cm³/mol. The highest BCUT2D eigenvalue weighted by molar-refractivity contribution is 5.76. The Kier molecular flexibility index (Phi) is 5.30. The van der Waals surface area contributed by atoms with E-state index in [1.165, 1.54) is 0 Å². The first kappa shape index (κ1) is 14.2. The quantitative estimate of drug-likeness (QED) is 0.746. The lowest BCUT2D eigenvalue weighted by molar-refractivity contribution is -0.120. The number of nitrogens with two attached hydrogens (primary N) is 1. The zero-order valence-corrected chi connectivity index (χ0v) is 11.2. The molecular weight excluding hydrogens is 230 g/mol. The fourth-order valence-electron chi connectivity index (χ4n) is 1.56. The third-order valence-corrected chi connectivity index (χ3v) is 2.69. The van der Waals surface area contributed by atoms with Crippen LogP contribution in [0.2, 0.25) is 0 Å².